The summed E-state index contributed by atoms with van der Waals surface area (Å²) in [4.78, 5) is 8.33. The van der Waals surface area contributed by atoms with Gasteiger partial charge in [0.1, 0.15) is 5.75 Å². The van der Waals surface area contributed by atoms with Crippen molar-refractivity contribution < 1.29 is 9.47 Å². The maximum atomic E-state index is 5.70. The number of nitrogens with one attached hydrogen (secondary N) is 1. The van der Waals surface area contributed by atoms with E-state index in [1.807, 2.05) is 38.2 Å². The van der Waals surface area contributed by atoms with Crippen molar-refractivity contribution in [1.82, 2.24) is 15.3 Å². The fourth-order valence-electron chi connectivity index (χ4n) is 1.70. The van der Waals surface area contributed by atoms with Crippen LogP contribution in [0.5, 0.6) is 17.5 Å². The van der Waals surface area contributed by atoms with Crippen molar-refractivity contribution in [2.75, 3.05) is 13.7 Å². The SMILES string of the molecule is CCCOc1cncc(Oc2cccc(CNC)c2)n1. The second-order valence-electron chi connectivity index (χ2n) is 4.32. The molecule has 0 fully saturated rings. The van der Waals surface area contributed by atoms with E-state index >= 15 is 0 Å². The summed E-state index contributed by atoms with van der Waals surface area (Å²) in [5.74, 6) is 1.65. The summed E-state index contributed by atoms with van der Waals surface area (Å²) in [5, 5.41) is 3.10. The fraction of sp³-hybridized carbons (Fsp3) is 0.333. The van der Waals surface area contributed by atoms with Crippen LogP contribution >= 0.6 is 0 Å². The molecule has 106 valence electrons. The molecule has 20 heavy (non-hydrogen) atoms. The van der Waals surface area contributed by atoms with Gasteiger partial charge in [0.05, 0.1) is 19.0 Å². The van der Waals surface area contributed by atoms with Crippen molar-refractivity contribution in [3.05, 3.63) is 42.2 Å². The number of benzene rings is 1. The maximum absolute atomic E-state index is 5.70. The zero-order valence-corrected chi connectivity index (χ0v) is 11.8. The molecule has 0 aliphatic heterocycles. The van der Waals surface area contributed by atoms with Crippen molar-refractivity contribution in [2.45, 2.75) is 19.9 Å². The van der Waals surface area contributed by atoms with Crippen LogP contribution in [0.1, 0.15) is 18.9 Å². The van der Waals surface area contributed by atoms with E-state index in [-0.39, 0.29) is 0 Å². The van der Waals surface area contributed by atoms with Crippen LogP contribution in [-0.4, -0.2) is 23.6 Å². The molecule has 1 aromatic heterocycles. The molecule has 0 bridgehead atoms. The zero-order chi connectivity index (χ0) is 14.2. The monoisotopic (exact) mass is 273 g/mol. The van der Waals surface area contributed by atoms with Gasteiger partial charge in [-0.1, -0.05) is 19.1 Å². The van der Waals surface area contributed by atoms with Gasteiger partial charge in [-0.3, -0.25) is 4.98 Å². The molecule has 0 unspecified atom stereocenters. The van der Waals surface area contributed by atoms with Crippen molar-refractivity contribution in [3.63, 3.8) is 0 Å². The molecule has 5 heteroatoms. The van der Waals surface area contributed by atoms with Gasteiger partial charge in [-0.15, -0.1) is 0 Å². The highest BCUT2D eigenvalue weighted by Crippen LogP contribution is 2.21. The Morgan fingerprint density at radius 3 is 2.85 bits per heavy atom. The number of hydrogen-bond acceptors (Lipinski definition) is 5. The van der Waals surface area contributed by atoms with E-state index < -0.39 is 0 Å². The van der Waals surface area contributed by atoms with Crippen LogP contribution < -0.4 is 14.8 Å². The summed E-state index contributed by atoms with van der Waals surface area (Å²) < 4.78 is 11.1. The van der Waals surface area contributed by atoms with Gasteiger partial charge in [0.25, 0.3) is 0 Å². The first-order valence-electron chi connectivity index (χ1n) is 6.68. The first-order valence-corrected chi connectivity index (χ1v) is 6.68. The third kappa shape index (κ3) is 4.20. The second-order valence-corrected chi connectivity index (χ2v) is 4.32. The molecule has 0 aliphatic carbocycles. The predicted molar refractivity (Wildman–Crippen MR) is 77.1 cm³/mol. The van der Waals surface area contributed by atoms with Crippen LogP contribution in [0.15, 0.2) is 36.7 Å². The zero-order valence-electron chi connectivity index (χ0n) is 11.8. The van der Waals surface area contributed by atoms with Crippen LogP contribution in [0.25, 0.3) is 0 Å². The fourth-order valence-corrected chi connectivity index (χ4v) is 1.70. The molecule has 5 nitrogen and oxygen atoms in total. The summed E-state index contributed by atoms with van der Waals surface area (Å²) >= 11 is 0. The highest BCUT2D eigenvalue weighted by Gasteiger charge is 2.03. The van der Waals surface area contributed by atoms with Gasteiger partial charge < -0.3 is 14.8 Å². The smallest absolute Gasteiger partial charge is 0.241 e. The molecule has 0 spiro atoms. The Balaban J connectivity index is 2.07. The lowest BCUT2D eigenvalue weighted by molar-refractivity contribution is 0.299. The molecule has 2 rings (SSSR count). The Hall–Kier alpha value is -2.14. The lowest BCUT2D eigenvalue weighted by Crippen LogP contribution is -2.04. The Kier molecular flexibility index (Phi) is 5.32. The minimum atomic E-state index is 0.431. The Labute approximate surface area is 119 Å². The molecule has 0 saturated heterocycles. The number of aromatic nitrogens is 2. The van der Waals surface area contributed by atoms with E-state index in [1.54, 1.807) is 12.4 Å². The van der Waals surface area contributed by atoms with Crippen LogP contribution in [0, 0.1) is 0 Å². The van der Waals surface area contributed by atoms with Gasteiger partial charge in [0.2, 0.25) is 11.8 Å². The molecule has 0 aliphatic rings. The maximum Gasteiger partial charge on any atom is 0.241 e. The van der Waals surface area contributed by atoms with Crippen molar-refractivity contribution in [2.24, 2.45) is 0 Å². The largest absolute Gasteiger partial charge is 0.477 e. The van der Waals surface area contributed by atoms with E-state index in [0.717, 1.165) is 24.3 Å². The second kappa shape index (κ2) is 7.45. The summed E-state index contributed by atoms with van der Waals surface area (Å²) in [5.41, 5.74) is 1.15. The summed E-state index contributed by atoms with van der Waals surface area (Å²) in [7, 11) is 1.91. The quantitative estimate of drug-likeness (QED) is 0.840. The van der Waals surface area contributed by atoms with E-state index in [2.05, 4.69) is 15.3 Å². The Bertz CT molecular complexity index is 546. The lowest BCUT2D eigenvalue weighted by Gasteiger charge is -2.08. The minimum Gasteiger partial charge on any atom is -0.477 e. The van der Waals surface area contributed by atoms with Crippen molar-refractivity contribution >= 4 is 0 Å². The first kappa shape index (κ1) is 14.3. The number of hydrogen-bond donors (Lipinski definition) is 1. The molecule has 1 heterocycles. The van der Waals surface area contributed by atoms with E-state index in [4.69, 9.17) is 9.47 Å². The lowest BCUT2D eigenvalue weighted by atomic mass is 10.2. The highest BCUT2D eigenvalue weighted by molar-refractivity contribution is 5.31. The predicted octanol–water partition coefficient (Wildman–Crippen LogP) is 2.78. The van der Waals surface area contributed by atoms with E-state index in [0.29, 0.717) is 18.4 Å². The summed E-state index contributed by atoms with van der Waals surface area (Å²) in [6.07, 6.45) is 4.09. The Morgan fingerprint density at radius 1 is 1.20 bits per heavy atom. The molecule has 1 aromatic carbocycles. The molecule has 0 saturated carbocycles. The number of ether oxygens (including phenoxy) is 2. The molecular weight excluding hydrogens is 254 g/mol. The van der Waals surface area contributed by atoms with Gasteiger partial charge >= 0.3 is 0 Å². The van der Waals surface area contributed by atoms with Gasteiger partial charge in [0.15, 0.2) is 0 Å². The third-order valence-corrected chi connectivity index (χ3v) is 2.55. The van der Waals surface area contributed by atoms with Crippen LogP contribution in [0.3, 0.4) is 0 Å². The molecule has 0 amide bonds. The van der Waals surface area contributed by atoms with Crippen LogP contribution in [0.2, 0.25) is 0 Å². The Morgan fingerprint density at radius 2 is 2.05 bits per heavy atom. The minimum absolute atomic E-state index is 0.431. The van der Waals surface area contributed by atoms with Crippen molar-refractivity contribution in [3.8, 4) is 17.5 Å². The van der Waals surface area contributed by atoms with Crippen molar-refractivity contribution in [1.29, 1.82) is 0 Å². The van der Waals surface area contributed by atoms with Gasteiger partial charge in [0, 0.05) is 6.54 Å². The molecule has 1 N–H and O–H groups in total. The van der Waals surface area contributed by atoms with Crippen LogP contribution in [0.4, 0.5) is 0 Å². The van der Waals surface area contributed by atoms with Gasteiger partial charge in [-0.25, -0.2) is 0 Å². The molecule has 2 aromatic rings. The topological polar surface area (TPSA) is 56.3 Å². The summed E-state index contributed by atoms with van der Waals surface area (Å²) in [6.45, 7) is 3.46. The first-order chi connectivity index (χ1) is 9.81. The standard InChI is InChI=1S/C15H19N3O2/c1-3-7-19-14-10-17-11-15(18-14)20-13-6-4-5-12(8-13)9-16-2/h4-6,8,10-11,16H,3,7,9H2,1-2H3. The average molecular weight is 273 g/mol. The average Bonchev–Trinajstić information content (AvgIpc) is 2.46. The number of rotatable bonds is 7. The van der Waals surface area contributed by atoms with Gasteiger partial charge in [-0.05, 0) is 31.2 Å². The molecule has 0 atom stereocenters. The summed E-state index contributed by atoms with van der Waals surface area (Å²) in [6, 6.07) is 7.85. The van der Waals surface area contributed by atoms with E-state index in [1.165, 1.54) is 0 Å². The third-order valence-electron chi connectivity index (χ3n) is 2.55. The van der Waals surface area contributed by atoms with Crippen LogP contribution in [-0.2, 0) is 6.54 Å². The van der Waals surface area contributed by atoms with Gasteiger partial charge in [-0.2, -0.15) is 4.98 Å². The number of nitrogens with zero attached hydrogens (tertiary/aromatic N) is 2. The molecule has 0 radical (unpaired) electrons. The normalized spacial score (nSPS) is 10.3. The van der Waals surface area contributed by atoms with E-state index in [9.17, 15) is 0 Å². The highest BCUT2D eigenvalue weighted by atomic mass is 16.5. The molecular formula is C15H19N3O2.